The monoisotopic (exact) mass is 945 g/mol. The maximum Gasteiger partial charge on any atom is 0.417 e. The number of thiocarbonyl (C=S) groups is 1. The van der Waals surface area contributed by atoms with E-state index in [-0.39, 0.29) is 60.9 Å². The molecule has 0 spiro atoms. The van der Waals surface area contributed by atoms with Gasteiger partial charge in [0.05, 0.1) is 35.6 Å². The zero-order chi connectivity index (χ0) is 49.1. The molecule has 3 aromatic rings. The highest BCUT2D eigenvalue weighted by Gasteiger charge is 2.51. The fourth-order valence-electron chi connectivity index (χ4n) is 7.96. The molecule has 0 bridgehead atoms. The van der Waals surface area contributed by atoms with Crippen LogP contribution in [0.2, 0.25) is 0 Å². The number of carbonyl (C=O) groups is 4. The number of likely N-dealkylation sites (tertiary alicyclic amines) is 1. The molecular formula is C50H58F3N5O8S. The lowest BCUT2D eigenvalue weighted by molar-refractivity contribution is -0.146. The predicted octanol–water partition coefficient (Wildman–Crippen LogP) is 7.35. The molecule has 2 fully saturated rings. The Hall–Kier alpha value is -5.85. The number of Topliss-reactive ketones (excluding diaryl/α,β-unsaturated/α-hetero) is 1. The number of hydrogen-bond donors (Lipinski definition) is 2. The minimum atomic E-state index is -4.80. The summed E-state index contributed by atoms with van der Waals surface area (Å²) in [4.78, 5) is 57.7. The van der Waals surface area contributed by atoms with Gasteiger partial charge in [-0.25, -0.2) is 0 Å². The molecule has 13 nitrogen and oxygen atoms in total. The van der Waals surface area contributed by atoms with Gasteiger partial charge in [-0.3, -0.25) is 24.1 Å². The second-order valence-electron chi connectivity index (χ2n) is 18.2. The zero-order valence-electron chi connectivity index (χ0n) is 38.5. The number of rotatable bonds is 21. The molecule has 0 aliphatic carbocycles. The molecule has 358 valence electrons. The van der Waals surface area contributed by atoms with Gasteiger partial charge in [-0.2, -0.15) is 18.4 Å². The highest BCUT2D eigenvalue weighted by molar-refractivity contribution is 7.81. The van der Waals surface area contributed by atoms with Crippen molar-refractivity contribution >= 4 is 52.2 Å². The number of aliphatic hydroxyl groups is 1. The number of amides is 3. The van der Waals surface area contributed by atoms with Gasteiger partial charge in [-0.15, -0.1) is 6.42 Å². The van der Waals surface area contributed by atoms with Crippen LogP contribution in [-0.4, -0.2) is 95.9 Å². The van der Waals surface area contributed by atoms with Crippen molar-refractivity contribution in [3.05, 3.63) is 89.0 Å². The van der Waals surface area contributed by atoms with Gasteiger partial charge in [0.2, 0.25) is 11.8 Å². The zero-order valence-corrected chi connectivity index (χ0v) is 39.3. The van der Waals surface area contributed by atoms with Crippen LogP contribution in [0.25, 0.3) is 0 Å². The van der Waals surface area contributed by atoms with Crippen molar-refractivity contribution < 1.29 is 51.7 Å². The number of halogens is 3. The van der Waals surface area contributed by atoms with Crippen molar-refractivity contribution in [1.29, 1.82) is 5.26 Å². The largest absolute Gasteiger partial charge is 0.494 e. The van der Waals surface area contributed by atoms with E-state index in [0.29, 0.717) is 44.3 Å². The van der Waals surface area contributed by atoms with Crippen molar-refractivity contribution in [3.8, 4) is 24.2 Å². The lowest BCUT2D eigenvalue weighted by Crippen LogP contribution is -2.50. The molecule has 0 radical (unpaired) electrons. The van der Waals surface area contributed by atoms with Crippen LogP contribution in [0.3, 0.4) is 0 Å². The number of nitriles is 1. The summed E-state index contributed by atoms with van der Waals surface area (Å²) in [5.41, 5.74) is -1.49. The molecule has 2 aliphatic rings. The minimum absolute atomic E-state index is 0.00205. The molecule has 2 heterocycles. The number of ether oxygens (including phenoxy) is 3. The van der Waals surface area contributed by atoms with Gasteiger partial charge in [0.25, 0.3) is 5.91 Å². The molecule has 3 amide bonds. The van der Waals surface area contributed by atoms with Crippen molar-refractivity contribution in [1.82, 2.24) is 10.2 Å². The van der Waals surface area contributed by atoms with Crippen molar-refractivity contribution in [2.24, 2.45) is 11.3 Å². The molecule has 3 atom stereocenters. The summed E-state index contributed by atoms with van der Waals surface area (Å²) in [5, 5.41) is 22.5. The molecule has 3 aromatic carbocycles. The summed E-state index contributed by atoms with van der Waals surface area (Å²) in [6, 6.07) is 17.9. The van der Waals surface area contributed by atoms with Crippen LogP contribution >= 0.6 is 12.2 Å². The van der Waals surface area contributed by atoms with E-state index in [1.54, 1.807) is 61.2 Å². The molecule has 67 heavy (non-hydrogen) atoms. The maximum atomic E-state index is 13.9. The highest BCUT2D eigenvalue weighted by atomic mass is 32.1. The van der Waals surface area contributed by atoms with E-state index in [1.807, 2.05) is 32.9 Å². The van der Waals surface area contributed by atoms with E-state index in [9.17, 15) is 42.7 Å². The Morgan fingerprint density at radius 3 is 2.22 bits per heavy atom. The van der Waals surface area contributed by atoms with Gasteiger partial charge >= 0.3 is 6.18 Å². The maximum absolute atomic E-state index is 13.9. The molecule has 2 saturated heterocycles. The van der Waals surface area contributed by atoms with E-state index < -0.39 is 52.2 Å². The van der Waals surface area contributed by atoms with Gasteiger partial charge in [0.15, 0.2) is 10.9 Å². The summed E-state index contributed by atoms with van der Waals surface area (Å²) in [6.07, 6.45) is 2.79. The number of carbonyl (C=O) groups excluding carboxylic acids is 4. The van der Waals surface area contributed by atoms with E-state index in [0.717, 1.165) is 47.4 Å². The van der Waals surface area contributed by atoms with Gasteiger partial charge in [-0.05, 0) is 117 Å². The number of alkyl halides is 3. The number of aliphatic hydroxyl groups excluding tert-OH is 1. The van der Waals surface area contributed by atoms with Crippen LogP contribution in [0.15, 0.2) is 66.7 Å². The normalized spacial score (nSPS) is 17.6. The average molecular weight is 946 g/mol. The first kappa shape index (κ1) is 52.1. The number of unbranched alkanes of at least 4 members (excludes halogenated alkanes) is 2. The van der Waals surface area contributed by atoms with E-state index in [2.05, 4.69) is 11.2 Å². The van der Waals surface area contributed by atoms with Crippen LogP contribution in [-0.2, 0) is 41.4 Å². The standard InChI is InChI=1S/C50H58F3N5O8S/c1-7-33-12-14-34(15-13-33)30-55-44(61)43-28-38(59)31-56(43)45(62)42(48(2,3)4)27-39(60)32-65-24-11-23-64-22-9-8-10-25-66-40-20-18-36(19-21-40)58-47(67)57(46(63)49(58,5)6)37-17-16-35(29-54)41(26-37)50(51,52)53/h1,12-21,26,38,42-43,59H,8-11,22-25,27-28,30-32H2,2-6H3,(H,55,61)/t38-,42-,43+/m1/s1. The number of hydrogen-bond acceptors (Lipinski definition) is 10. The molecule has 5 rings (SSSR count). The smallest absolute Gasteiger partial charge is 0.417 e. The Bertz CT molecular complexity index is 2340. The number of ketones is 1. The Morgan fingerprint density at radius 1 is 0.940 bits per heavy atom. The van der Waals surface area contributed by atoms with Crippen molar-refractivity contribution in [2.75, 3.05) is 49.4 Å². The first-order valence-electron chi connectivity index (χ1n) is 22.2. The minimum Gasteiger partial charge on any atom is -0.494 e. The summed E-state index contributed by atoms with van der Waals surface area (Å²) in [6.45, 7) is 10.7. The van der Waals surface area contributed by atoms with Crippen molar-refractivity contribution in [3.63, 3.8) is 0 Å². The number of terminal acetylenes is 1. The number of benzene rings is 3. The second kappa shape index (κ2) is 22.8. The van der Waals surface area contributed by atoms with E-state index in [4.69, 9.17) is 32.9 Å². The van der Waals surface area contributed by atoms with Crippen LogP contribution in [0.1, 0.15) is 95.4 Å². The molecular weight excluding hydrogens is 888 g/mol. The number of nitrogens with zero attached hydrogens (tertiary/aromatic N) is 4. The van der Waals surface area contributed by atoms with Gasteiger partial charge in [-0.1, -0.05) is 38.8 Å². The van der Waals surface area contributed by atoms with E-state index >= 15 is 0 Å². The van der Waals surface area contributed by atoms with Crippen LogP contribution < -0.4 is 19.9 Å². The second-order valence-corrected chi connectivity index (χ2v) is 18.6. The molecule has 2 aliphatic heterocycles. The quantitative estimate of drug-likeness (QED) is 0.0625. The Kier molecular flexibility index (Phi) is 17.7. The summed E-state index contributed by atoms with van der Waals surface area (Å²) >= 11 is 5.62. The third-order valence-corrected chi connectivity index (χ3v) is 12.1. The van der Waals surface area contributed by atoms with Crippen molar-refractivity contribution in [2.45, 2.75) is 104 Å². The topological polar surface area (TPSA) is 162 Å². The Balaban J connectivity index is 0.963. The molecule has 0 aromatic heterocycles. The third kappa shape index (κ3) is 13.4. The number of nitrogens with one attached hydrogen (secondary N) is 1. The lowest BCUT2D eigenvalue weighted by Gasteiger charge is -2.34. The lowest BCUT2D eigenvalue weighted by atomic mass is 9.77. The average Bonchev–Trinajstić information content (AvgIpc) is 3.76. The van der Waals surface area contributed by atoms with Crippen LogP contribution in [0.4, 0.5) is 24.5 Å². The molecule has 0 saturated carbocycles. The molecule has 0 unspecified atom stereocenters. The van der Waals surface area contributed by atoms with Gasteiger partial charge in [0.1, 0.15) is 23.9 Å². The SMILES string of the molecule is C#Cc1ccc(CNC(=O)[C@@H]2C[C@@H](O)CN2C(=O)[C@@H](CC(=O)COCCCOCCCCCOc2ccc(N3C(=S)N(c4ccc(C#N)c(C(F)(F)F)c4)C(=O)C3(C)C)cc2)C(C)(C)C)cc1. The number of β-amino-alcohol motifs (C(OH)–C–C–N with tert-alkyl or cyclic N) is 1. The first-order valence-corrected chi connectivity index (χ1v) is 22.6. The highest BCUT2D eigenvalue weighted by Crippen LogP contribution is 2.40. The number of anilines is 2. The van der Waals surface area contributed by atoms with Gasteiger partial charge in [0, 0.05) is 62.9 Å². The van der Waals surface area contributed by atoms with Gasteiger partial charge < -0.3 is 34.4 Å². The molecule has 2 N–H and O–H groups in total. The summed E-state index contributed by atoms with van der Waals surface area (Å²) < 4.78 is 58.3. The fourth-order valence-corrected chi connectivity index (χ4v) is 8.48. The predicted molar refractivity (Wildman–Crippen MR) is 250 cm³/mol. The summed E-state index contributed by atoms with van der Waals surface area (Å²) in [7, 11) is 0. The fraction of sp³-hybridized carbons (Fsp3) is 0.480. The Labute approximate surface area is 395 Å². The Morgan fingerprint density at radius 2 is 1.58 bits per heavy atom. The van der Waals surface area contributed by atoms with Crippen LogP contribution in [0, 0.1) is 35.0 Å². The van der Waals surface area contributed by atoms with Crippen LogP contribution in [0.5, 0.6) is 5.75 Å². The molecule has 17 heteroatoms. The third-order valence-electron chi connectivity index (χ3n) is 11.7. The first-order chi connectivity index (χ1) is 31.7. The van der Waals surface area contributed by atoms with E-state index in [1.165, 1.54) is 11.0 Å². The summed E-state index contributed by atoms with van der Waals surface area (Å²) in [5.74, 6) is 0.928.